The number of ether oxygens (including phenoxy) is 1. The molecule has 1 fully saturated rings. The summed E-state index contributed by atoms with van der Waals surface area (Å²) in [5.74, 6) is 0.0950. The fraction of sp³-hybridized carbons (Fsp3) is 0.444. The molecule has 128 valence electrons. The first-order chi connectivity index (χ1) is 11.6. The minimum absolute atomic E-state index is 0.0950. The summed E-state index contributed by atoms with van der Waals surface area (Å²) < 4.78 is 5.38. The fourth-order valence-corrected chi connectivity index (χ4v) is 3.39. The molecule has 0 bridgehead atoms. The minimum atomic E-state index is 0.0950. The predicted octanol–water partition coefficient (Wildman–Crippen LogP) is 2.49. The lowest BCUT2D eigenvalue weighted by Gasteiger charge is -2.29. The number of aromatic nitrogens is 1. The van der Waals surface area contributed by atoms with Crippen molar-refractivity contribution in [2.24, 2.45) is 0 Å². The van der Waals surface area contributed by atoms with Crippen molar-refractivity contribution in [2.45, 2.75) is 19.9 Å². The van der Waals surface area contributed by atoms with Crippen molar-refractivity contribution in [2.75, 3.05) is 38.3 Å². The second-order valence-electron chi connectivity index (χ2n) is 6.05. The van der Waals surface area contributed by atoms with E-state index in [9.17, 15) is 4.79 Å². The molecule has 1 aromatic heterocycles. The molecule has 0 aliphatic carbocycles. The molecule has 0 unspecified atom stereocenters. The highest BCUT2D eigenvalue weighted by Crippen LogP contribution is 2.17. The molecule has 1 aromatic carbocycles. The summed E-state index contributed by atoms with van der Waals surface area (Å²) in [6.07, 6.45) is 0.368. The SMILES string of the molecule is Cc1nc(CC(=O)N(C)Cc2ccc(N3CCOCC3)cc2)cs1. The Bertz CT molecular complexity index is 678. The molecular weight excluding hydrogens is 322 g/mol. The summed E-state index contributed by atoms with van der Waals surface area (Å²) in [4.78, 5) is 20.8. The third kappa shape index (κ3) is 4.33. The average molecular weight is 345 g/mol. The number of amides is 1. The van der Waals surface area contributed by atoms with Crippen molar-refractivity contribution in [1.29, 1.82) is 0 Å². The van der Waals surface area contributed by atoms with Crippen molar-refractivity contribution >= 4 is 22.9 Å². The van der Waals surface area contributed by atoms with Gasteiger partial charge in [-0.05, 0) is 24.6 Å². The molecule has 1 saturated heterocycles. The van der Waals surface area contributed by atoms with Gasteiger partial charge in [-0.2, -0.15) is 0 Å². The number of benzene rings is 1. The smallest absolute Gasteiger partial charge is 0.228 e. The fourth-order valence-electron chi connectivity index (χ4n) is 2.78. The van der Waals surface area contributed by atoms with Crippen LogP contribution in [0.4, 0.5) is 5.69 Å². The van der Waals surface area contributed by atoms with Crippen LogP contribution in [0.15, 0.2) is 29.6 Å². The van der Waals surface area contributed by atoms with Crippen LogP contribution in [0.25, 0.3) is 0 Å². The van der Waals surface area contributed by atoms with Gasteiger partial charge in [0.05, 0.1) is 30.3 Å². The van der Waals surface area contributed by atoms with Crippen LogP contribution in [0.5, 0.6) is 0 Å². The van der Waals surface area contributed by atoms with Crippen molar-refractivity contribution in [1.82, 2.24) is 9.88 Å². The molecule has 6 heteroatoms. The number of morpholine rings is 1. The van der Waals surface area contributed by atoms with Gasteiger partial charge >= 0.3 is 0 Å². The number of hydrogen-bond acceptors (Lipinski definition) is 5. The van der Waals surface area contributed by atoms with Gasteiger partial charge in [0.15, 0.2) is 0 Å². The standard InChI is InChI=1S/C18H23N3O2S/c1-14-19-16(13-24-14)11-18(22)20(2)12-15-3-5-17(6-4-15)21-7-9-23-10-8-21/h3-6,13H,7-12H2,1-2H3. The summed E-state index contributed by atoms with van der Waals surface area (Å²) >= 11 is 1.58. The Morgan fingerprint density at radius 2 is 2.00 bits per heavy atom. The van der Waals surface area contributed by atoms with Crippen LogP contribution >= 0.6 is 11.3 Å². The average Bonchev–Trinajstić information content (AvgIpc) is 3.01. The molecular formula is C18H23N3O2S. The predicted molar refractivity (Wildman–Crippen MR) is 96.5 cm³/mol. The number of nitrogens with zero attached hydrogens (tertiary/aromatic N) is 3. The molecule has 1 amide bonds. The van der Waals surface area contributed by atoms with E-state index in [1.165, 1.54) is 5.69 Å². The Morgan fingerprint density at radius 3 is 2.62 bits per heavy atom. The van der Waals surface area contributed by atoms with Gasteiger partial charge < -0.3 is 14.5 Å². The van der Waals surface area contributed by atoms with E-state index in [4.69, 9.17) is 4.74 Å². The van der Waals surface area contributed by atoms with Crippen molar-refractivity contribution in [3.8, 4) is 0 Å². The first kappa shape index (κ1) is 16.9. The number of likely N-dealkylation sites (N-methyl/N-ethyl adjacent to an activating group) is 1. The summed E-state index contributed by atoms with van der Waals surface area (Å²) in [6, 6.07) is 8.45. The van der Waals surface area contributed by atoms with Gasteiger partial charge in [0.25, 0.3) is 0 Å². The van der Waals surface area contributed by atoms with E-state index in [2.05, 4.69) is 34.1 Å². The van der Waals surface area contributed by atoms with Crippen LogP contribution in [0, 0.1) is 6.92 Å². The molecule has 0 radical (unpaired) electrons. The lowest BCUT2D eigenvalue weighted by molar-refractivity contribution is -0.129. The second-order valence-corrected chi connectivity index (χ2v) is 7.11. The highest BCUT2D eigenvalue weighted by atomic mass is 32.1. The molecule has 24 heavy (non-hydrogen) atoms. The molecule has 0 spiro atoms. The maximum Gasteiger partial charge on any atom is 0.228 e. The number of carbonyl (C=O) groups excluding carboxylic acids is 1. The Labute approximate surface area is 146 Å². The first-order valence-electron chi connectivity index (χ1n) is 8.18. The van der Waals surface area contributed by atoms with E-state index >= 15 is 0 Å². The van der Waals surface area contributed by atoms with Gasteiger partial charge in [-0.1, -0.05) is 12.1 Å². The molecule has 1 aliphatic rings. The monoisotopic (exact) mass is 345 g/mol. The third-order valence-electron chi connectivity index (χ3n) is 4.16. The summed E-state index contributed by atoms with van der Waals surface area (Å²) in [5, 5.41) is 2.96. The Hall–Kier alpha value is -1.92. The van der Waals surface area contributed by atoms with Gasteiger partial charge in [0, 0.05) is 37.7 Å². The normalized spacial score (nSPS) is 14.7. The molecule has 2 heterocycles. The molecule has 2 aromatic rings. The maximum absolute atomic E-state index is 12.3. The van der Waals surface area contributed by atoms with Crippen LogP contribution in [0.3, 0.4) is 0 Å². The molecule has 1 aliphatic heterocycles. The number of thiazole rings is 1. The van der Waals surface area contributed by atoms with Crippen LogP contribution in [-0.2, 0) is 22.5 Å². The van der Waals surface area contributed by atoms with E-state index in [-0.39, 0.29) is 5.91 Å². The third-order valence-corrected chi connectivity index (χ3v) is 4.98. The first-order valence-corrected chi connectivity index (χ1v) is 9.06. The van der Waals surface area contributed by atoms with Crippen molar-refractivity contribution in [3.05, 3.63) is 45.9 Å². The second kappa shape index (κ2) is 7.77. The quantitative estimate of drug-likeness (QED) is 0.835. The van der Waals surface area contributed by atoms with Crippen LogP contribution < -0.4 is 4.90 Å². The van der Waals surface area contributed by atoms with Gasteiger partial charge in [0.1, 0.15) is 0 Å². The van der Waals surface area contributed by atoms with Gasteiger partial charge in [-0.15, -0.1) is 11.3 Å². The van der Waals surface area contributed by atoms with Crippen molar-refractivity contribution < 1.29 is 9.53 Å². The van der Waals surface area contributed by atoms with Gasteiger partial charge in [0.2, 0.25) is 5.91 Å². The topological polar surface area (TPSA) is 45.7 Å². The number of anilines is 1. The molecule has 5 nitrogen and oxygen atoms in total. The Morgan fingerprint density at radius 1 is 1.29 bits per heavy atom. The van der Waals surface area contributed by atoms with E-state index in [1.54, 1.807) is 16.2 Å². The summed E-state index contributed by atoms with van der Waals surface area (Å²) in [6.45, 7) is 6.02. The van der Waals surface area contributed by atoms with E-state index in [1.807, 2.05) is 19.4 Å². The number of rotatable bonds is 5. The maximum atomic E-state index is 12.3. The molecule has 0 atom stereocenters. The summed E-state index contributed by atoms with van der Waals surface area (Å²) in [5.41, 5.74) is 3.21. The molecule has 3 rings (SSSR count). The zero-order chi connectivity index (χ0) is 16.9. The van der Waals surface area contributed by atoms with E-state index in [0.29, 0.717) is 13.0 Å². The number of hydrogen-bond donors (Lipinski definition) is 0. The van der Waals surface area contributed by atoms with Crippen LogP contribution in [0.2, 0.25) is 0 Å². The lowest BCUT2D eigenvalue weighted by atomic mass is 10.1. The zero-order valence-electron chi connectivity index (χ0n) is 14.2. The minimum Gasteiger partial charge on any atom is -0.378 e. The van der Waals surface area contributed by atoms with Crippen LogP contribution in [-0.4, -0.2) is 49.1 Å². The highest BCUT2D eigenvalue weighted by Gasteiger charge is 2.13. The van der Waals surface area contributed by atoms with Crippen molar-refractivity contribution in [3.63, 3.8) is 0 Å². The van der Waals surface area contributed by atoms with Gasteiger partial charge in [-0.25, -0.2) is 4.98 Å². The summed E-state index contributed by atoms with van der Waals surface area (Å²) in [7, 11) is 1.84. The Balaban J connectivity index is 1.55. The van der Waals surface area contributed by atoms with E-state index < -0.39 is 0 Å². The number of carbonyl (C=O) groups is 1. The highest BCUT2D eigenvalue weighted by molar-refractivity contribution is 7.09. The van der Waals surface area contributed by atoms with E-state index in [0.717, 1.165) is 42.6 Å². The zero-order valence-corrected chi connectivity index (χ0v) is 15.0. The van der Waals surface area contributed by atoms with Gasteiger partial charge in [-0.3, -0.25) is 4.79 Å². The molecule has 0 saturated carbocycles. The lowest BCUT2D eigenvalue weighted by Crippen LogP contribution is -2.36. The largest absolute Gasteiger partial charge is 0.378 e. The molecule has 0 N–H and O–H groups in total. The Kier molecular flexibility index (Phi) is 5.48. The number of aryl methyl sites for hydroxylation is 1. The van der Waals surface area contributed by atoms with Crippen LogP contribution in [0.1, 0.15) is 16.3 Å².